The van der Waals surface area contributed by atoms with Crippen LogP contribution in [0, 0.1) is 12.3 Å². The van der Waals surface area contributed by atoms with Crippen LogP contribution < -0.4 is 5.73 Å². The molecule has 3 N–H and O–H groups in total. The standard InChI is InChI=1S/C12H12N4S/c1-8-6-9(12(13)14)7-11(16-8)17-10-4-2-3-5-15-10/h2-7H,1H3,(H3,13,14). The lowest BCUT2D eigenvalue weighted by Crippen LogP contribution is -2.11. The van der Waals surface area contributed by atoms with E-state index in [2.05, 4.69) is 9.97 Å². The Morgan fingerprint density at radius 1 is 1.29 bits per heavy atom. The zero-order valence-electron chi connectivity index (χ0n) is 9.34. The van der Waals surface area contributed by atoms with Gasteiger partial charge < -0.3 is 5.73 Å². The minimum absolute atomic E-state index is 0.0540. The van der Waals surface area contributed by atoms with E-state index in [1.54, 1.807) is 18.3 Å². The Morgan fingerprint density at radius 3 is 2.76 bits per heavy atom. The molecule has 86 valence electrons. The number of nitrogens with zero attached hydrogens (tertiary/aromatic N) is 2. The van der Waals surface area contributed by atoms with Crippen molar-refractivity contribution in [3.63, 3.8) is 0 Å². The second-order valence-corrected chi connectivity index (χ2v) is 4.56. The first kappa shape index (κ1) is 11.6. The first-order valence-electron chi connectivity index (χ1n) is 5.07. The van der Waals surface area contributed by atoms with Crippen LogP contribution in [-0.2, 0) is 0 Å². The maximum atomic E-state index is 7.43. The maximum absolute atomic E-state index is 7.43. The van der Waals surface area contributed by atoms with Gasteiger partial charge >= 0.3 is 0 Å². The molecule has 0 aromatic carbocycles. The fourth-order valence-electron chi connectivity index (χ4n) is 1.36. The van der Waals surface area contributed by atoms with Crippen LogP contribution in [0.1, 0.15) is 11.3 Å². The molecule has 0 saturated heterocycles. The molecular weight excluding hydrogens is 232 g/mol. The van der Waals surface area contributed by atoms with Gasteiger partial charge in [-0.05, 0) is 31.2 Å². The molecule has 0 bridgehead atoms. The highest BCUT2D eigenvalue weighted by atomic mass is 32.2. The van der Waals surface area contributed by atoms with Gasteiger partial charge in [0, 0.05) is 17.5 Å². The van der Waals surface area contributed by atoms with Crippen LogP contribution in [0.25, 0.3) is 0 Å². The number of pyridine rings is 2. The second kappa shape index (κ2) is 4.97. The number of amidine groups is 1. The molecule has 17 heavy (non-hydrogen) atoms. The minimum Gasteiger partial charge on any atom is -0.384 e. The summed E-state index contributed by atoms with van der Waals surface area (Å²) in [6, 6.07) is 9.31. The van der Waals surface area contributed by atoms with E-state index in [0.717, 1.165) is 15.7 Å². The summed E-state index contributed by atoms with van der Waals surface area (Å²) < 4.78 is 0. The van der Waals surface area contributed by atoms with Crippen LogP contribution in [0.15, 0.2) is 46.6 Å². The Balaban J connectivity index is 2.30. The van der Waals surface area contributed by atoms with E-state index in [9.17, 15) is 0 Å². The predicted molar refractivity (Wildman–Crippen MR) is 68.4 cm³/mol. The third-order valence-electron chi connectivity index (χ3n) is 2.09. The highest BCUT2D eigenvalue weighted by Gasteiger charge is 2.04. The van der Waals surface area contributed by atoms with Crippen LogP contribution in [0.4, 0.5) is 0 Å². The quantitative estimate of drug-likeness (QED) is 0.641. The average molecular weight is 244 g/mol. The summed E-state index contributed by atoms with van der Waals surface area (Å²) in [5.41, 5.74) is 7.01. The molecule has 0 aliphatic heterocycles. The molecule has 0 radical (unpaired) electrons. The van der Waals surface area contributed by atoms with E-state index in [-0.39, 0.29) is 5.84 Å². The van der Waals surface area contributed by atoms with Crippen LogP contribution in [-0.4, -0.2) is 15.8 Å². The third-order valence-corrected chi connectivity index (χ3v) is 2.96. The molecule has 5 heteroatoms. The molecule has 4 nitrogen and oxygen atoms in total. The Kier molecular flexibility index (Phi) is 3.39. The SMILES string of the molecule is Cc1cc(C(=N)N)cc(Sc2ccccn2)n1. The van der Waals surface area contributed by atoms with Gasteiger partial charge in [0.2, 0.25) is 0 Å². The fourth-order valence-corrected chi connectivity index (χ4v) is 2.21. The van der Waals surface area contributed by atoms with Crippen LogP contribution in [0.2, 0.25) is 0 Å². The largest absolute Gasteiger partial charge is 0.384 e. The van der Waals surface area contributed by atoms with E-state index in [1.165, 1.54) is 11.8 Å². The van der Waals surface area contributed by atoms with Crippen molar-refractivity contribution in [1.29, 1.82) is 5.41 Å². The van der Waals surface area contributed by atoms with Crippen molar-refractivity contribution in [2.24, 2.45) is 5.73 Å². The van der Waals surface area contributed by atoms with Gasteiger partial charge in [-0.3, -0.25) is 5.41 Å². The lowest BCUT2D eigenvalue weighted by Gasteiger charge is -2.04. The normalized spacial score (nSPS) is 10.2. The van der Waals surface area contributed by atoms with Crippen molar-refractivity contribution >= 4 is 17.6 Å². The molecule has 2 aromatic rings. The van der Waals surface area contributed by atoms with Gasteiger partial charge in [0.05, 0.1) is 0 Å². The van der Waals surface area contributed by atoms with Crippen LogP contribution >= 0.6 is 11.8 Å². The lowest BCUT2D eigenvalue weighted by molar-refractivity contribution is 1.04. The monoisotopic (exact) mass is 244 g/mol. The molecule has 0 atom stereocenters. The average Bonchev–Trinajstić information content (AvgIpc) is 2.29. The van der Waals surface area contributed by atoms with Gasteiger partial charge in [-0.2, -0.15) is 0 Å². The summed E-state index contributed by atoms with van der Waals surface area (Å²) in [6.45, 7) is 1.88. The van der Waals surface area contributed by atoms with Crippen molar-refractivity contribution in [3.8, 4) is 0 Å². The summed E-state index contributed by atoms with van der Waals surface area (Å²) in [5, 5.41) is 9.11. The third kappa shape index (κ3) is 3.04. The zero-order valence-corrected chi connectivity index (χ0v) is 10.2. The molecule has 0 aliphatic rings. The van der Waals surface area contributed by atoms with E-state index in [0.29, 0.717) is 5.56 Å². The number of aromatic nitrogens is 2. The lowest BCUT2D eigenvalue weighted by atomic mass is 10.2. The number of nitrogens with two attached hydrogens (primary N) is 1. The van der Waals surface area contributed by atoms with E-state index in [4.69, 9.17) is 11.1 Å². The summed E-state index contributed by atoms with van der Waals surface area (Å²) in [4.78, 5) is 8.60. The molecule has 0 fully saturated rings. The summed E-state index contributed by atoms with van der Waals surface area (Å²) in [6.07, 6.45) is 1.74. The Morgan fingerprint density at radius 2 is 2.12 bits per heavy atom. The van der Waals surface area contributed by atoms with Gasteiger partial charge in [0.25, 0.3) is 0 Å². The predicted octanol–water partition coefficient (Wildman–Crippen LogP) is 2.22. The first-order valence-corrected chi connectivity index (χ1v) is 5.89. The van der Waals surface area contributed by atoms with E-state index < -0.39 is 0 Å². The molecular formula is C12H12N4S. The number of hydrogen-bond donors (Lipinski definition) is 2. The highest BCUT2D eigenvalue weighted by Crippen LogP contribution is 2.24. The molecule has 0 spiro atoms. The van der Waals surface area contributed by atoms with Crippen molar-refractivity contribution in [2.75, 3.05) is 0 Å². The Bertz CT molecular complexity index is 539. The molecule has 0 unspecified atom stereocenters. The van der Waals surface area contributed by atoms with Crippen LogP contribution in [0.3, 0.4) is 0 Å². The van der Waals surface area contributed by atoms with Crippen molar-refractivity contribution in [3.05, 3.63) is 47.8 Å². The number of aryl methyl sites for hydroxylation is 1. The smallest absolute Gasteiger partial charge is 0.122 e. The summed E-state index contributed by atoms with van der Waals surface area (Å²) >= 11 is 1.46. The molecule has 2 aromatic heterocycles. The zero-order chi connectivity index (χ0) is 12.3. The van der Waals surface area contributed by atoms with Crippen molar-refractivity contribution in [1.82, 2.24) is 9.97 Å². The van der Waals surface area contributed by atoms with Gasteiger partial charge in [-0.25, -0.2) is 9.97 Å². The highest BCUT2D eigenvalue weighted by molar-refractivity contribution is 7.99. The Labute approximate surface area is 104 Å². The van der Waals surface area contributed by atoms with Gasteiger partial charge in [-0.15, -0.1) is 0 Å². The fraction of sp³-hybridized carbons (Fsp3) is 0.0833. The van der Waals surface area contributed by atoms with Gasteiger partial charge in [0.1, 0.15) is 15.9 Å². The van der Waals surface area contributed by atoms with Gasteiger partial charge in [0.15, 0.2) is 0 Å². The summed E-state index contributed by atoms with van der Waals surface area (Å²) in [5.74, 6) is 0.0540. The number of hydrogen-bond acceptors (Lipinski definition) is 4. The number of nitrogens with one attached hydrogen (secondary N) is 1. The van der Waals surface area contributed by atoms with Crippen molar-refractivity contribution in [2.45, 2.75) is 17.0 Å². The number of rotatable bonds is 3. The molecule has 0 amide bonds. The van der Waals surface area contributed by atoms with E-state index >= 15 is 0 Å². The molecule has 2 heterocycles. The topological polar surface area (TPSA) is 75.7 Å². The molecule has 2 rings (SSSR count). The summed E-state index contributed by atoms with van der Waals surface area (Å²) in [7, 11) is 0. The van der Waals surface area contributed by atoms with Crippen LogP contribution in [0.5, 0.6) is 0 Å². The Hall–Kier alpha value is -1.88. The van der Waals surface area contributed by atoms with E-state index in [1.807, 2.05) is 25.1 Å². The number of nitrogen functional groups attached to an aromatic ring is 1. The van der Waals surface area contributed by atoms with Gasteiger partial charge in [-0.1, -0.05) is 17.8 Å². The minimum atomic E-state index is 0.0540. The molecule has 0 aliphatic carbocycles. The first-order chi connectivity index (χ1) is 8.15. The van der Waals surface area contributed by atoms with Crippen molar-refractivity contribution < 1.29 is 0 Å². The maximum Gasteiger partial charge on any atom is 0.122 e. The second-order valence-electron chi connectivity index (χ2n) is 3.52. The molecule has 0 saturated carbocycles.